The molecule has 2 aromatic rings. The first-order valence-electron chi connectivity index (χ1n) is 7.85. The van der Waals surface area contributed by atoms with E-state index in [1.807, 2.05) is 4.90 Å². The van der Waals surface area contributed by atoms with Crippen molar-refractivity contribution in [3.63, 3.8) is 0 Å². The molecule has 0 saturated heterocycles. The predicted octanol–water partition coefficient (Wildman–Crippen LogP) is 2.61. The average molecular weight is 304 g/mol. The summed E-state index contributed by atoms with van der Waals surface area (Å²) in [6.45, 7) is 0.877. The molecule has 1 amide bonds. The minimum atomic E-state index is -0.282. The van der Waals surface area contributed by atoms with Crippen molar-refractivity contribution < 1.29 is 14.3 Å². The van der Waals surface area contributed by atoms with Crippen molar-refractivity contribution in [3.05, 3.63) is 35.8 Å². The number of H-pyrrole nitrogens is 1. The third kappa shape index (κ3) is 3.30. The van der Waals surface area contributed by atoms with E-state index in [2.05, 4.69) is 4.98 Å². The van der Waals surface area contributed by atoms with E-state index in [-0.39, 0.29) is 18.3 Å². The topological polar surface area (TPSA) is 56.3 Å². The summed E-state index contributed by atoms with van der Waals surface area (Å²) in [4.78, 5) is 17.5. The first kappa shape index (κ1) is 15.0. The van der Waals surface area contributed by atoms with Gasteiger partial charge in [-0.3, -0.25) is 4.79 Å². The Hall–Kier alpha value is -1.88. The Balaban J connectivity index is 1.70. The molecule has 0 radical (unpaired) electrons. The second-order valence-electron chi connectivity index (χ2n) is 5.93. The molecular formula is C17H21FN2O2. The van der Waals surface area contributed by atoms with Gasteiger partial charge in [0.1, 0.15) is 5.82 Å². The van der Waals surface area contributed by atoms with Crippen molar-refractivity contribution in [2.75, 3.05) is 13.2 Å². The normalized spacial score (nSPS) is 14.5. The van der Waals surface area contributed by atoms with Gasteiger partial charge in [0.25, 0.3) is 0 Å². The second-order valence-corrected chi connectivity index (χ2v) is 5.93. The minimum absolute atomic E-state index is 0.116. The van der Waals surface area contributed by atoms with Crippen LogP contribution in [-0.2, 0) is 11.2 Å². The fourth-order valence-electron chi connectivity index (χ4n) is 2.86. The zero-order valence-corrected chi connectivity index (χ0v) is 12.5. The fourth-order valence-corrected chi connectivity index (χ4v) is 2.86. The predicted molar refractivity (Wildman–Crippen MR) is 83.0 cm³/mol. The third-order valence-corrected chi connectivity index (χ3v) is 4.19. The molecule has 1 heterocycles. The Morgan fingerprint density at radius 1 is 1.36 bits per heavy atom. The highest BCUT2D eigenvalue weighted by Crippen LogP contribution is 2.28. The zero-order valence-electron chi connectivity index (χ0n) is 12.5. The highest BCUT2D eigenvalue weighted by atomic mass is 19.1. The molecule has 0 spiro atoms. The third-order valence-electron chi connectivity index (χ3n) is 4.19. The summed E-state index contributed by atoms with van der Waals surface area (Å²) in [5.74, 6) is -0.165. The van der Waals surface area contributed by atoms with Gasteiger partial charge >= 0.3 is 0 Å². The summed E-state index contributed by atoms with van der Waals surface area (Å²) in [6.07, 6.45) is 5.83. The molecule has 2 N–H and O–H groups in total. The van der Waals surface area contributed by atoms with Crippen LogP contribution < -0.4 is 0 Å². The molecule has 118 valence electrons. The van der Waals surface area contributed by atoms with Crippen molar-refractivity contribution in [2.45, 2.75) is 38.1 Å². The van der Waals surface area contributed by atoms with Crippen LogP contribution in [0.2, 0.25) is 0 Å². The smallest absolute Gasteiger partial charge is 0.227 e. The fraction of sp³-hybridized carbons (Fsp3) is 0.471. The number of halogens is 1. The number of carbonyl (C=O) groups excluding carboxylic acids is 1. The van der Waals surface area contributed by atoms with E-state index in [4.69, 9.17) is 5.11 Å². The number of hydrogen-bond donors (Lipinski definition) is 2. The number of hydrogen-bond acceptors (Lipinski definition) is 2. The Labute approximate surface area is 128 Å². The van der Waals surface area contributed by atoms with Crippen molar-refractivity contribution >= 4 is 16.8 Å². The van der Waals surface area contributed by atoms with Crippen LogP contribution in [0.3, 0.4) is 0 Å². The maximum atomic E-state index is 13.2. The lowest BCUT2D eigenvalue weighted by atomic mass is 10.1. The molecule has 0 bridgehead atoms. The Morgan fingerprint density at radius 2 is 2.18 bits per heavy atom. The number of carbonyl (C=O) groups is 1. The molecule has 3 rings (SSSR count). The quantitative estimate of drug-likeness (QED) is 0.773. The number of aliphatic hydroxyl groups excluding tert-OH is 1. The van der Waals surface area contributed by atoms with Crippen molar-refractivity contribution in [3.8, 4) is 0 Å². The Kier molecular flexibility index (Phi) is 4.43. The molecule has 22 heavy (non-hydrogen) atoms. The molecular weight excluding hydrogens is 283 g/mol. The minimum Gasteiger partial charge on any atom is -0.396 e. The van der Waals surface area contributed by atoms with Crippen molar-refractivity contribution in [1.29, 1.82) is 0 Å². The summed E-state index contributed by atoms with van der Waals surface area (Å²) < 4.78 is 13.2. The van der Waals surface area contributed by atoms with E-state index >= 15 is 0 Å². The van der Waals surface area contributed by atoms with Gasteiger partial charge in [-0.1, -0.05) is 0 Å². The molecule has 1 aromatic carbocycles. The molecule has 1 aliphatic rings. The van der Waals surface area contributed by atoms with Gasteiger partial charge in [0.15, 0.2) is 0 Å². The molecule has 0 unspecified atom stereocenters. The summed E-state index contributed by atoms with van der Waals surface area (Å²) in [5.41, 5.74) is 1.63. The van der Waals surface area contributed by atoms with Crippen LogP contribution >= 0.6 is 0 Å². The second kappa shape index (κ2) is 6.48. The van der Waals surface area contributed by atoms with Crippen LogP contribution in [-0.4, -0.2) is 40.1 Å². The molecule has 4 nitrogen and oxygen atoms in total. The lowest BCUT2D eigenvalue weighted by Gasteiger charge is -2.22. The van der Waals surface area contributed by atoms with E-state index in [0.717, 1.165) is 42.1 Å². The van der Waals surface area contributed by atoms with Crippen LogP contribution in [0.5, 0.6) is 0 Å². The van der Waals surface area contributed by atoms with Gasteiger partial charge in [0.05, 0.1) is 6.42 Å². The molecule has 1 aromatic heterocycles. The molecule has 1 aliphatic carbocycles. The van der Waals surface area contributed by atoms with Crippen molar-refractivity contribution in [1.82, 2.24) is 9.88 Å². The summed E-state index contributed by atoms with van der Waals surface area (Å²) >= 11 is 0. The molecule has 1 saturated carbocycles. The van der Waals surface area contributed by atoms with Crippen LogP contribution in [0.4, 0.5) is 4.39 Å². The number of amides is 1. The number of benzene rings is 1. The number of aromatic amines is 1. The van der Waals surface area contributed by atoms with Gasteiger partial charge in [0, 0.05) is 36.3 Å². The molecule has 1 fully saturated rings. The van der Waals surface area contributed by atoms with Gasteiger partial charge in [-0.05, 0) is 49.4 Å². The van der Waals surface area contributed by atoms with E-state index in [0.29, 0.717) is 19.0 Å². The number of unbranched alkanes of at least 4 members (excludes halogenated alkanes) is 1. The van der Waals surface area contributed by atoms with Gasteiger partial charge in [-0.2, -0.15) is 0 Å². The van der Waals surface area contributed by atoms with Gasteiger partial charge < -0.3 is 15.0 Å². The first-order chi connectivity index (χ1) is 10.7. The highest BCUT2D eigenvalue weighted by molar-refractivity contribution is 5.89. The van der Waals surface area contributed by atoms with Gasteiger partial charge in [-0.15, -0.1) is 0 Å². The largest absolute Gasteiger partial charge is 0.396 e. The lowest BCUT2D eigenvalue weighted by molar-refractivity contribution is -0.131. The van der Waals surface area contributed by atoms with Crippen LogP contribution in [0.1, 0.15) is 31.2 Å². The summed E-state index contributed by atoms with van der Waals surface area (Å²) in [7, 11) is 0. The van der Waals surface area contributed by atoms with Crippen LogP contribution in [0.15, 0.2) is 24.4 Å². The van der Waals surface area contributed by atoms with E-state index in [1.165, 1.54) is 12.1 Å². The standard InChI is InChI=1S/C17H21FN2O2/c18-13-3-6-15-12(11-19-16(15)10-13)9-17(22)20(14-4-5-14)7-1-2-8-21/h3,6,10-11,14,19,21H,1-2,4-5,7-9H2. The Bertz CT molecular complexity index is 664. The maximum Gasteiger partial charge on any atom is 0.227 e. The first-order valence-corrected chi connectivity index (χ1v) is 7.85. The van der Waals surface area contributed by atoms with Crippen LogP contribution in [0, 0.1) is 5.82 Å². The zero-order chi connectivity index (χ0) is 15.5. The average Bonchev–Trinajstić information content (AvgIpc) is 3.26. The summed E-state index contributed by atoms with van der Waals surface area (Å²) in [5, 5.41) is 9.79. The number of fused-ring (bicyclic) bond motifs is 1. The van der Waals surface area contributed by atoms with Gasteiger partial charge in [0.2, 0.25) is 5.91 Å². The maximum absolute atomic E-state index is 13.2. The summed E-state index contributed by atoms with van der Waals surface area (Å²) in [6, 6.07) is 4.96. The number of nitrogens with zero attached hydrogens (tertiary/aromatic N) is 1. The molecule has 0 atom stereocenters. The monoisotopic (exact) mass is 304 g/mol. The number of rotatable bonds is 7. The van der Waals surface area contributed by atoms with Crippen molar-refractivity contribution in [2.24, 2.45) is 0 Å². The van der Waals surface area contributed by atoms with E-state index < -0.39 is 0 Å². The van der Waals surface area contributed by atoms with Gasteiger partial charge in [-0.25, -0.2) is 4.39 Å². The molecule has 5 heteroatoms. The van der Waals surface area contributed by atoms with E-state index in [1.54, 1.807) is 12.3 Å². The number of aromatic nitrogens is 1. The number of nitrogens with one attached hydrogen (secondary N) is 1. The van der Waals surface area contributed by atoms with Crippen LogP contribution in [0.25, 0.3) is 10.9 Å². The number of aliphatic hydroxyl groups is 1. The van der Waals surface area contributed by atoms with E-state index in [9.17, 15) is 9.18 Å². The lowest BCUT2D eigenvalue weighted by Crippen LogP contribution is -2.35. The highest BCUT2D eigenvalue weighted by Gasteiger charge is 2.32. The SMILES string of the molecule is O=C(Cc1c[nH]c2cc(F)ccc12)N(CCCCO)C1CC1. The Morgan fingerprint density at radius 3 is 2.91 bits per heavy atom. The molecule has 0 aliphatic heterocycles.